The van der Waals surface area contributed by atoms with Crippen LogP contribution in [0.2, 0.25) is 0 Å². The molecular formula is C4H6N2O2S2. The molecule has 0 aliphatic carbocycles. The quantitative estimate of drug-likeness (QED) is 0.663. The average molecular weight is 178 g/mol. The molecule has 0 aliphatic rings. The minimum absolute atomic E-state index is 0.0741. The molecule has 0 aliphatic heterocycles. The Labute approximate surface area is 62.6 Å². The molecule has 0 radical (unpaired) electrons. The van der Waals surface area contributed by atoms with Crippen LogP contribution in [0.15, 0.2) is 10.5 Å². The summed E-state index contributed by atoms with van der Waals surface area (Å²) in [5.74, 6) is 0. The first-order chi connectivity index (χ1) is 4.50. The topological polar surface area (TPSA) is 73.0 Å². The lowest BCUT2D eigenvalue weighted by atomic mass is 10.9. The van der Waals surface area contributed by atoms with Gasteiger partial charge in [0.2, 0.25) is 14.2 Å². The standard InChI is InChI=1S/C4H6N2O2S2/c1-10(7,8)4-6-2-3(5)9-4/h2H,5H2,1H3. The van der Waals surface area contributed by atoms with Gasteiger partial charge in [0.25, 0.3) is 0 Å². The molecule has 0 bridgehead atoms. The van der Waals surface area contributed by atoms with Crippen molar-refractivity contribution in [2.45, 2.75) is 4.34 Å². The molecule has 0 aromatic carbocycles. The van der Waals surface area contributed by atoms with E-state index in [1.807, 2.05) is 0 Å². The highest BCUT2D eigenvalue weighted by atomic mass is 32.2. The van der Waals surface area contributed by atoms with Crippen molar-refractivity contribution in [2.75, 3.05) is 12.0 Å². The molecule has 0 amide bonds. The molecular weight excluding hydrogens is 172 g/mol. The molecule has 0 saturated heterocycles. The van der Waals surface area contributed by atoms with Gasteiger partial charge in [0.05, 0.1) is 6.20 Å². The van der Waals surface area contributed by atoms with Gasteiger partial charge in [0, 0.05) is 6.26 Å². The lowest BCUT2D eigenvalue weighted by Crippen LogP contribution is -1.94. The van der Waals surface area contributed by atoms with Crippen molar-refractivity contribution in [3.05, 3.63) is 6.20 Å². The fourth-order valence-electron chi connectivity index (χ4n) is 0.441. The predicted molar refractivity (Wildman–Crippen MR) is 39.6 cm³/mol. The smallest absolute Gasteiger partial charge is 0.210 e. The first-order valence-electron chi connectivity index (χ1n) is 2.41. The van der Waals surface area contributed by atoms with E-state index in [1.54, 1.807) is 0 Å². The molecule has 1 rings (SSSR count). The third-order valence-electron chi connectivity index (χ3n) is 0.820. The molecule has 0 fully saturated rings. The van der Waals surface area contributed by atoms with Gasteiger partial charge in [0.15, 0.2) is 0 Å². The normalized spacial score (nSPS) is 11.7. The number of hydrogen-bond acceptors (Lipinski definition) is 5. The van der Waals surface area contributed by atoms with Crippen LogP contribution >= 0.6 is 11.3 Å². The Hall–Kier alpha value is -0.620. The molecule has 4 nitrogen and oxygen atoms in total. The maximum Gasteiger partial charge on any atom is 0.210 e. The van der Waals surface area contributed by atoms with Crippen molar-refractivity contribution in [1.29, 1.82) is 0 Å². The van der Waals surface area contributed by atoms with Crippen molar-refractivity contribution < 1.29 is 8.42 Å². The summed E-state index contributed by atoms with van der Waals surface area (Å²) in [6, 6.07) is 0. The second-order valence-corrected chi connectivity index (χ2v) is 5.05. The van der Waals surface area contributed by atoms with Gasteiger partial charge in [-0.25, -0.2) is 13.4 Å². The molecule has 56 valence electrons. The van der Waals surface area contributed by atoms with E-state index in [9.17, 15) is 8.42 Å². The minimum atomic E-state index is -3.15. The molecule has 0 unspecified atom stereocenters. The summed E-state index contributed by atoms with van der Waals surface area (Å²) in [5.41, 5.74) is 5.27. The Morgan fingerprint density at radius 3 is 2.50 bits per heavy atom. The average Bonchev–Trinajstić information content (AvgIpc) is 2.11. The SMILES string of the molecule is CS(=O)(=O)c1ncc(N)s1. The second-order valence-electron chi connectivity index (χ2n) is 1.80. The Bertz CT molecular complexity index is 327. The number of nitrogens with two attached hydrogens (primary N) is 1. The summed E-state index contributed by atoms with van der Waals surface area (Å²) in [5, 5.41) is 0.417. The van der Waals surface area contributed by atoms with Crippen LogP contribution in [0.5, 0.6) is 0 Å². The van der Waals surface area contributed by atoms with Crippen LogP contribution in [0.4, 0.5) is 5.00 Å². The zero-order valence-corrected chi connectivity index (χ0v) is 6.87. The van der Waals surface area contributed by atoms with Gasteiger partial charge < -0.3 is 5.73 Å². The number of rotatable bonds is 1. The molecule has 10 heavy (non-hydrogen) atoms. The highest BCUT2D eigenvalue weighted by molar-refractivity contribution is 7.92. The van der Waals surface area contributed by atoms with Crippen LogP contribution < -0.4 is 5.73 Å². The molecule has 0 spiro atoms. The van der Waals surface area contributed by atoms with Crippen LogP contribution in [0.1, 0.15) is 0 Å². The predicted octanol–water partition coefficient (Wildman–Crippen LogP) is 0.129. The third-order valence-corrected chi connectivity index (χ3v) is 3.34. The number of sulfone groups is 1. The molecule has 1 aromatic heterocycles. The Morgan fingerprint density at radius 1 is 1.70 bits per heavy atom. The number of nitrogen functional groups attached to an aromatic ring is 1. The lowest BCUT2D eigenvalue weighted by molar-refractivity contribution is 0.601. The summed E-state index contributed by atoms with van der Waals surface area (Å²) in [7, 11) is -3.15. The van der Waals surface area contributed by atoms with Gasteiger partial charge >= 0.3 is 0 Å². The Balaban J connectivity index is 3.21. The number of thiazole rings is 1. The van der Waals surface area contributed by atoms with E-state index in [4.69, 9.17) is 5.73 Å². The van der Waals surface area contributed by atoms with Crippen LogP contribution in [-0.2, 0) is 9.84 Å². The van der Waals surface area contributed by atoms with E-state index >= 15 is 0 Å². The minimum Gasteiger partial charge on any atom is -0.389 e. The van der Waals surface area contributed by atoms with Crippen molar-refractivity contribution in [2.24, 2.45) is 0 Å². The van der Waals surface area contributed by atoms with Crippen LogP contribution in [0.3, 0.4) is 0 Å². The van der Waals surface area contributed by atoms with Crippen LogP contribution in [0.25, 0.3) is 0 Å². The van der Waals surface area contributed by atoms with E-state index in [2.05, 4.69) is 4.98 Å². The fraction of sp³-hybridized carbons (Fsp3) is 0.250. The zero-order valence-electron chi connectivity index (χ0n) is 5.23. The van der Waals surface area contributed by atoms with E-state index in [0.29, 0.717) is 5.00 Å². The number of nitrogens with zero attached hydrogens (tertiary/aromatic N) is 1. The number of hydrogen-bond donors (Lipinski definition) is 1. The number of aromatic nitrogens is 1. The molecule has 6 heteroatoms. The van der Waals surface area contributed by atoms with E-state index in [0.717, 1.165) is 17.6 Å². The Morgan fingerprint density at radius 2 is 2.30 bits per heavy atom. The highest BCUT2D eigenvalue weighted by Gasteiger charge is 2.10. The van der Waals surface area contributed by atoms with Crippen molar-refractivity contribution in [3.8, 4) is 0 Å². The molecule has 2 N–H and O–H groups in total. The van der Waals surface area contributed by atoms with Gasteiger partial charge in [-0.1, -0.05) is 11.3 Å². The lowest BCUT2D eigenvalue weighted by Gasteiger charge is -1.85. The third kappa shape index (κ3) is 1.45. The van der Waals surface area contributed by atoms with Gasteiger partial charge in [0.1, 0.15) is 5.00 Å². The van der Waals surface area contributed by atoms with Crippen molar-refractivity contribution in [1.82, 2.24) is 4.98 Å². The number of anilines is 1. The zero-order chi connectivity index (χ0) is 7.78. The molecule has 1 aromatic rings. The first kappa shape index (κ1) is 7.49. The van der Waals surface area contributed by atoms with Gasteiger partial charge in [-0.3, -0.25) is 0 Å². The first-order valence-corrected chi connectivity index (χ1v) is 5.12. The van der Waals surface area contributed by atoms with E-state index in [-0.39, 0.29) is 4.34 Å². The summed E-state index contributed by atoms with van der Waals surface area (Å²) in [6.45, 7) is 0. The molecule has 0 atom stereocenters. The monoisotopic (exact) mass is 178 g/mol. The van der Waals surface area contributed by atoms with Crippen LogP contribution in [-0.4, -0.2) is 19.7 Å². The molecule has 0 saturated carbocycles. The van der Waals surface area contributed by atoms with Crippen LogP contribution in [0, 0.1) is 0 Å². The second kappa shape index (κ2) is 2.21. The summed E-state index contributed by atoms with van der Waals surface area (Å²) >= 11 is 0.973. The largest absolute Gasteiger partial charge is 0.389 e. The van der Waals surface area contributed by atoms with Gasteiger partial charge in [-0.15, -0.1) is 0 Å². The van der Waals surface area contributed by atoms with Gasteiger partial charge in [-0.05, 0) is 0 Å². The molecule has 1 heterocycles. The maximum atomic E-state index is 10.7. The Kier molecular flexibility index (Phi) is 1.65. The summed E-state index contributed by atoms with van der Waals surface area (Å²) < 4.78 is 21.6. The highest BCUT2D eigenvalue weighted by Crippen LogP contribution is 2.18. The van der Waals surface area contributed by atoms with Crippen molar-refractivity contribution >= 4 is 26.2 Å². The van der Waals surface area contributed by atoms with Crippen molar-refractivity contribution in [3.63, 3.8) is 0 Å². The fourth-order valence-corrected chi connectivity index (χ4v) is 1.99. The van der Waals surface area contributed by atoms with E-state index in [1.165, 1.54) is 6.20 Å². The summed E-state index contributed by atoms with van der Waals surface area (Å²) in [4.78, 5) is 3.59. The maximum absolute atomic E-state index is 10.7. The van der Waals surface area contributed by atoms with Gasteiger partial charge in [-0.2, -0.15) is 0 Å². The van der Waals surface area contributed by atoms with E-state index < -0.39 is 9.84 Å². The summed E-state index contributed by atoms with van der Waals surface area (Å²) in [6.07, 6.45) is 2.44.